The summed E-state index contributed by atoms with van der Waals surface area (Å²) < 4.78 is 10.8. The predicted molar refractivity (Wildman–Crippen MR) is 71.0 cm³/mol. The van der Waals surface area contributed by atoms with Crippen LogP contribution in [0.3, 0.4) is 0 Å². The van der Waals surface area contributed by atoms with Gasteiger partial charge in [-0.25, -0.2) is 4.98 Å². The van der Waals surface area contributed by atoms with Crippen molar-refractivity contribution in [2.75, 3.05) is 31.7 Å². The van der Waals surface area contributed by atoms with Crippen LogP contribution in [0.5, 0.6) is 0 Å². The minimum Gasteiger partial charge on any atom is -0.391 e. The molecule has 1 N–H and O–H groups in total. The quantitative estimate of drug-likeness (QED) is 0.878. The Balaban J connectivity index is 2.12. The minimum absolute atomic E-state index is 0.0257. The highest BCUT2D eigenvalue weighted by Crippen LogP contribution is 2.28. The van der Waals surface area contributed by atoms with Gasteiger partial charge in [-0.05, 0) is 6.42 Å². The largest absolute Gasteiger partial charge is 0.391 e. The van der Waals surface area contributed by atoms with E-state index in [1.54, 1.807) is 18.4 Å². The van der Waals surface area contributed by atoms with Crippen molar-refractivity contribution in [1.29, 1.82) is 0 Å². The van der Waals surface area contributed by atoms with Crippen molar-refractivity contribution in [3.63, 3.8) is 0 Å². The molecule has 1 aliphatic rings. The van der Waals surface area contributed by atoms with E-state index in [1.165, 1.54) is 0 Å². The van der Waals surface area contributed by atoms with Crippen molar-refractivity contribution in [2.24, 2.45) is 0 Å². The van der Waals surface area contributed by atoms with Gasteiger partial charge in [0.2, 0.25) is 0 Å². The Morgan fingerprint density at radius 2 is 2.44 bits per heavy atom. The molecule has 0 bridgehead atoms. The number of hydrogen-bond donors (Lipinski definition) is 1. The Bertz CT molecular complexity index is 383. The Morgan fingerprint density at radius 3 is 3.11 bits per heavy atom. The number of anilines is 1. The molecule has 18 heavy (non-hydrogen) atoms. The summed E-state index contributed by atoms with van der Waals surface area (Å²) in [6.07, 6.45) is 1.30. The van der Waals surface area contributed by atoms with Gasteiger partial charge < -0.3 is 19.5 Å². The Kier molecular flexibility index (Phi) is 4.94. The van der Waals surface area contributed by atoms with E-state index in [0.717, 1.165) is 41.8 Å². The molecule has 6 heteroatoms. The smallest absolute Gasteiger partial charge is 0.186 e. The van der Waals surface area contributed by atoms with Gasteiger partial charge in [-0.3, -0.25) is 0 Å². The molecule has 1 aromatic heterocycles. The molecule has 0 saturated carbocycles. The fourth-order valence-corrected chi connectivity index (χ4v) is 2.98. The molecule has 0 aliphatic carbocycles. The number of methoxy groups -OCH3 is 1. The van der Waals surface area contributed by atoms with Crippen LogP contribution < -0.4 is 4.90 Å². The van der Waals surface area contributed by atoms with Gasteiger partial charge in [-0.15, -0.1) is 0 Å². The van der Waals surface area contributed by atoms with E-state index >= 15 is 0 Å². The number of ether oxygens (including phenoxy) is 2. The normalized spacial score (nSPS) is 20.4. The van der Waals surface area contributed by atoms with E-state index in [2.05, 4.69) is 16.8 Å². The Hall–Kier alpha value is -0.690. The summed E-state index contributed by atoms with van der Waals surface area (Å²) >= 11 is 1.55. The standard InChI is InChI=1S/C12H20N2O3S/c1-3-9-6-14(4-5-17-9)12-13-10(8-16-2)11(7-15)18-12/h9,15H,3-8H2,1-2H3. The first-order chi connectivity index (χ1) is 8.78. The Morgan fingerprint density at radius 1 is 1.61 bits per heavy atom. The van der Waals surface area contributed by atoms with Gasteiger partial charge in [0.05, 0.1) is 36.5 Å². The molecular formula is C12H20N2O3S. The molecule has 2 rings (SSSR count). The second-order valence-corrected chi connectivity index (χ2v) is 5.37. The van der Waals surface area contributed by atoms with E-state index in [-0.39, 0.29) is 12.7 Å². The second kappa shape index (κ2) is 6.47. The molecule has 5 nitrogen and oxygen atoms in total. The van der Waals surface area contributed by atoms with Crippen LogP contribution >= 0.6 is 11.3 Å². The highest BCUT2D eigenvalue weighted by Gasteiger charge is 2.22. The molecule has 1 unspecified atom stereocenters. The maximum Gasteiger partial charge on any atom is 0.186 e. The Labute approximate surface area is 111 Å². The van der Waals surface area contributed by atoms with Gasteiger partial charge in [0.25, 0.3) is 0 Å². The van der Waals surface area contributed by atoms with Crippen molar-refractivity contribution in [3.05, 3.63) is 10.6 Å². The summed E-state index contributed by atoms with van der Waals surface area (Å²) in [4.78, 5) is 7.70. The number of aromatic nitrogens is 1. The first kappa shape index (κ1) is 13.7. The summed E-state index contributed by atoms with van der Waals surface area (Å²) in [7, 11) is 1.64. The zero-order chi connectivity index (χ0) is 13.0. The highest BCUT2D eigenvalue weighted by atomic mass is 32.1. The zero-order valence-corrected chi connectivity index (χ0v) is 11.7. The lowest BCUT2D eigenvalue weighted by atomic mass is 10.2. The fraction of sp³-hybridized carbons (Fsp3) is 0.750. The number of hydrogen-bond acceptors (Lipinski definition) is 6. The number of nitrogens with zero attached hydrogens (tertiary/aromatic N) is 2. The summed E-state index contributed by atoms with van der Waals surface area (Å²) in [5.74, 6) is 0. The van der Waals surface area contributed by atoms with Crippen molar-refractivity contribution >= 4 is 16.5 Å². The van der Waals surface area contributed by atoms with Gasteiger partial charge in [-0.1, -0.05) is 18.3 Å². The van der Waals surface area contributed by atoms with Crippen molar-refractivity contribution < 1.29 is 14.6 Å². The monoisotopic (exact) mass is 272 g/mol. The lowest BCUT2D eigenvalue weighted by Crippen LogP contribution is -2.42. The van der Waals surface area contributed by atoms with E-state index in [0.29, 0.717) is 6.61 Å². The van der Waals surface area contributed by atoms with Crippen molar-refractivity contribution in [1.82, 2.24) is 4.98 Å². The second-order valence-electron chi connectivity index (χ2n) is 4.30. The topological polar surface area (TPSA) is 54.8 Å². The number of thiazole rings is 1. The molecule has 0 radical (unpaired) electrons. The SMILES string of the molecule is CCC1CN(c2nc(COC)c(CO)s2)CCO1. The summed E-state index contributed by atoms with van der Waals surface area (Å²) in [5.41, 5.74) is 0.847. The number of rotatable bonds is 5. The van der Waals surface area contributed by atoms with Crippen LogP contribution in [-0.4, -0.2) is 43.0 Å². The van der Waals surface area contributed by atoms with E-state index in [4.69, 9.17) is 9.47 Å². The van der Waals surface area contributed by atoms with E-state index in [1.807, 2.05) is 0 Å². The average molecular weight is 272 g/mol. The van der Waals surface area contributed by atoms with Crippen molar-refractivity contribution in [2.45, 2.75) is 32.7 Å². The van der Waals surface area contributed by atoms with Crippen LogP contribution in [0.25, 0.3) is 0 Å². The maximum atomic E-state index is 9.33. The van der Waals surface area contributed by atoms with Gasteiger partial charge in [0.15, 0.2) is 5.13 Å². The molecule has 0 spiro atoms. The first-order valence-electron chi connectivity index (χ1n) is 6.23. The molecule has 102 valence electrons. The van der Waals surface area contributed by atoms with Gasteiger partial charge in [0, 0.05) is 20.2 Å². The highest BCUT2D eigenvalue weighted by molar-refractivity contribution is 7.15. The van der Waals surface area contributed by atoms with E-state index < -0.39 is 0 Å². The zero-order valence-electron chi connectivity index (χ0n) is 10.9. The van der Waals surface area contributed by atoms with Crippen LogP contribution in [0.1, 0.15) is 23.9 Å². The minimum atomic E-state index is 0.0257. The molecule has 0 amide bonds. The predicted octanol–water partition coefficient (Wildman–Crippen LogP) is 1.40. The third kappa shape index (κ3) is 3.00. The van der Waals surface area contributed by atoms with Gasteiger partial charge in [-0.2, -0.15) is 0 Å². The molecule has 1 aliphatic heterocycles. The van der Waals surface area contributed by atoms with Gasteiger partial charge >= 0.3 is 0 Å². The third-order valence-corrected chi connectivity index (χ3v) is 4.20. The van der Waals surface area contributed by atoms with Crippen LogP contribution in [0.15, 0.2) is 0 Å². The number of aliphatic hydroxyl groups excluding tert-OH is 1. The number of aliphatic hydroxyl groups is 1. The molecule has 1 saturated heterocycles. The molecule has 1 aromatic rings. The number of morpholine rings is 1. The molecule has 0 aromatic carbocycles. The molecule has 1 atom stereocenters. The molecular weight excluding hydrogens is 252 g/mol. The lowest BCUT2D eigenvalue weighted by molar-refractivity contribution is 0.0384. The van der Waals surface area contributed by atoms with Crippen LogP contribution in [-0.2, 0) is 22.7 Å². The summed E-state index contributed by atoms with van der Waals surface area (Å²) in [5, 5.41) is 10.3. The van der Waals surface area contributed by atoms with Crippen LogP contribution in [0, 0.1) is 0 Å². The van der Waals surface area contributed by atoms with Crippen LogP contribution in [0.4, 0.5) is 5.13 Å². The maximum absolute atomic E-state index is 9.33. The van der Waals surface area contributed by atoms with Gasteiger partial charge in [0.1, 0.15) is 0 Å². The summed E-state index contributed by atoms with van der Waals surface area (Å²) in [6.45, 7) is 5.09. The molecule has 1 fully saturated rings. The lowest BCUT2D eigenvalue weighted by Gasteiger charge is -2.32. The third-order valence-electron chi connectivity index (χ3n) is 3.06. The van der Waals surface area contributed by atoms with E-state index in [9.17, 15) is 5.11 Å². The van der Waals surface area contributed by atoms with Crippen molar-refractivity contribution in [3.8, 4) is 0 Å². The fourth-order valence-electron chi connectivity index (χ4n) is 2.02. The average Bonchev–Trinajstić information content (AvgIpc) is 2.82. The van der Waals surface area contributed by atoms with Crippen LogP contribution in [0.2, 0.25) is 0 Å². The first-order valence-corrected chi connectivity index (χ1v) is 7.05. The molecule has 2 heterocycles. The summed E-state index contributed by atoms with van der Waals surface area (Å²) in [6, 6.07) is 0.